The van der Waals surface area contributed by atoms with Crippen LogP contribution in [0.3, 0.4) is 0 Å². The van der Waals surface area contributed by atoms with Crippen LogP contribution in [0.1, 0.15) is 35.3 Å². The zero-order valence-electron chi connectivity index (χ0n) is 17.4. The molecule has 29 heavy (non-hydrogen) atoms. The van der Waals surface area contributed by atoms with Gasteiger partial charge < -0.3 is 19.2 Å². The number of carbonyl (C=O) groups excluding carboxylic acids is 1. The van der Waals surface area contributed by atoms with Gasteiger partial charge in [0.05, 0.1) is 7.11 Å². The molecule has 0 spiro atoms. The van der Waals surface area contributed by atoms with Crippen LogP contribution in [-0.4, -0.2) is 41.6 Å². The molecule has 2 aromatic heterocycles. The molecular weight excluding hydrogens is 366 g/mol. The van der Waals surface area contributed by atoms with Crippen LogP contribution < -0.4 is 10.3 Å². The molecule has 0 saturated heterocycles. The first-order valence-electron chi connectivity index (χ1n) is 10.0. The highest BCUT2D eigenvalue weighted by Gasteiger charge is 2.22. The molecule has 1 aromatic carbocycles. The molecule has 1 N–H and O–H groups in total. The third kappa shape index (κ3) is 3.67. The van der Waals surface area contributed by atoms with Crippen molar-refractivity contribution in [2.45, 2.75) is 32.7 Å². The topological polar surface area (TPSA) is 67.3 Å². The zero-order chi connectivity index (χ0) is 20.7. The fourth-order valence-electron chi connectivity index (χ4n) is 3.82. The van der Waals surface area contributed by atoms with Gasteiger partial charge in [-0.2, -0.15) is 0 Å². The molecule has 1 saturated carbocycles. The van der Waals surface area contributed by atoms with Crippen LogP contribution in [0.5, 0.6) is 5.75 Å². The number of H-pyrrole nitrogens is 1. The molecule has 0 bridgehead atoms. The number of aryl methyl sites for hydroxylation is 2. The SMILES string of the molecule is COc1ccc(C(=O)N(C)C)cc1-c1cn(CCC2CC2)c(=O)c2[nH]c(C)cc12. The predicted octanol–water partition coefficient (Wildman–Crippen LogP) is 3.82. The number of carbonyl (C=O) groups is 1. The molecule has 1 amide bonds. The van der Waals surface area contributed by atoms with E-state index in [2.05, 4.69) is 4.98 Å². The summed E-state index contributed by atoms with van der Waals surface area (Å²) in [6.07, 6.45) is 5.45. The van der Waals surface area contributed by atoms with Crippen molar-refractivity contribution in [2.24, 2.45) is 5.92 Å². The summed E-state index contributed by atoms with van der Waals surface area (Å²) in [6, 6.07) is 7.43. The van der Waals surface area contributed by atoms with Gasteiger partial charge in [-0.1, -0.05) is 12.8 Å². The van der Waals surface area contributed by atoms with E-state index in [1.165, 1.54) is 12.8 Å². The second kappa shape index (κ2) is 7.43. The fraction of sp³-hybridized carbons (Fsp3) is 0.391. The molecule has 0 aliphatic heterocycles. The second-order valence-corrected chi connectivity index (χ2v) is 8.13. The number of benzene rings is 1. The lowest BCUT2D eigenvalue weighted by atomic mass is 9.99. The van der Waals surface area contributed by atoms with Gasteiger partial charge in [-0.3, -0.25) is 9.59 Å². The van der Waals surface area contributed by atoms with Gasteiger partial charge in [0.1, 0.15) is 11.3 Å². The summed E-state index contributed by atoms with van der Waals surface area (Å²) < 4.78 is 7.40. The second-order valence-electron chi connectivity index (χ2n) is 8.13. The van der Waals surface area contributed by atoms with E-state index in [-0.39, 0.29) is 11.5 Å². The van der Waals surface area contributed by atoms with Gasteiger partial charge in [0.25, 0.3) is 11.5 Å². The molecule has 1 aliphatic rings. The first-order chi connectivity index (χ1) is 13.9. The van der Waals surface area contributed by atoms with Crippen molar-refractivity contribution in [3.63, 3.8) is 0 Å². The number of hydrogen-bond acceptors (Lipinski definition) is 3. The van der Waals surface area contributed by atoms with Gasteiger partial charge in [-0.25, -0.2) is 0 Å². The van der Waals surface area contributed by atoms with Crippen molar-refractivity contribution in [1.82, 2.24) is 14.5 Å². The molecule has 152 valence electrons. The molecule has 6 nitrogen and oxygen atoms in total. The first-order valence-corrected chi connectivity index (χ1v) is 10.0. The van der Waals surface area contributed by atoms with Gasteiger partial charge in [-0.15, -0.1) is 0 Å². The standard InChI is InChI=1S/C23H27N3O3/c1-14-11-18-19(13-26(10-9-15-5-6-15)23(28)21(18)24-14)17-12-16(22(27)25(2)3)7-8-20(17)29-4/h7-8,11-13,15,24H,5-6,9-10H2,1-4H3. The third-order valence-corrected chi connectivity index (χ3v) is 5.62. The molecule has 0 radical (unpaired) electrons. The number of pyridine rings is 1. The van der Waals surface area contributed by atoms with Crippen LogP contribution in [-0.2, 0) is 6.54 Å². The number of rotatable bonds is 6. The highest BCUT2D eigenvalue weighted by atomic mass is 16.5. The highest BCUT2D eigenvalue weighted by Crippen LogP contribution is 2.36. The van der Waals surface area contributed by atoms with E-state index in [0.717, 1.165) is 34.5 Å². The molecule has 3 aromatic rings. The maximum Gasteiger partial charge on any atom is 0.274 e. The highest BCUT2D eigenvalue weighted by molar-refractivity contribution is 6.00. The Morgan fingerprint density at radius 3 is 2.66 bits per heavy atom. The first kappa shape index (κ1) is 19.3. The Bertz CT molecular complexity index is 1140. The van der Waals surface area contributed by atoms with Crippen molar-refractivity contribution in [3.8, 4) is 16.9 Å². The van der Waals surface area contributed by atoms with Crippen molar-refractivity contribution in [1.29, 1.82) is 0 Å². The number of aromatic amines is 1. The minimum atomic E-state index is -0.0718. The molecule has 1 fully saturated rings. The Labute approximate surface area is 170 Å². The summed E-state index contributed by atoms with van der Waals surface area (Å²) in [6.45, 7) is 2.64. The van der Waals surface area contributed by atoms with Crippen molar-refractivity contribution in [2.75, 3.05) is 21.2 Å². The van der Waals surface area contributed by atoms with Crippen LogP contribution >= 0.6 is 0 Å². The lowest BCUT2D eigenvalue weighted by molar-refractivity contribution is 0.0827. The summed E-state index contributed by atoms with van der Waals surface area (Å²) in [5.74, 6) is 1.34. The van der Waals surface area contributed by atoms with E-state index in [1.807, 2.05) is 31.3 Å². The Morgan fingerprint density at radius 2 is 2.00 bits per heavy atom. The van der Waals surface area contributed by atoms with E-state index in [1.54, 1.807) is 36.7 Å². The van der Waals surface area contributed by atoms with Crippen molar-refractivity contribution >= 4 is 16.8 Å². The van der Waals surface area contributed by atoms with Crippen LogP contribution in [0.2, 0.25) is 0 Å². The Kier molecular flexibility index (Phi) is 4.94. The average molecular weight is 393 g/mol. The van der Waals surface area contributed by atoms with Gasteiger partial charge in [0, 0.05) is 54.6 Å². The fourth-order valence-corrected chi connectivity index (χ4v) is 3.82. The minimum absolute atomic E-state index is 0.00279. The van der Waals surface area contributed by atoms with Crippen LogP contribution in [0, 0.1) is 12.8 Å². The van der Waals surface area contributed by atoms with Crippen LogP contribution in [0.15, 0.2) is 35.3 Å². The monoisotopic (exact) mass is 393 g/mol. The van der Waals surface area contributed by atoms with Gasteiger partial charge >= 0.3 is 0 Å². The Hall–Kier alpha value is -3.02. The number of hydrogen-bond donors (Lipinski definition) is 1. The molecule has 6 heteroatoms. The van der Waals surface area contributed by atoms with Gasteiger partial charge in [0.2, 0.25) is 0 Å². The average Bonchev–Trinajstić information content (AvgIpc) is 3.45. The number of nitrogens with zero attached hydrogens (tertiary/aromatic N) is 2. The minimum Gasteiger partial charge on any atom is -0.496 e. The zero-order valence-corrected chi connectivity index (χ0v) is 17.4. The van der Waals surface area contributed by atoms with Gasteiger partial charge in [0.15, 0.2) is 0 Å². The van der Waals surface area contributed by atoms with Crippen LogP contribution in [0.25, 0.3) is 22.0 Å². The lowest BCUT2D eigenvalue weighted by Gasteiger charge is -2.16. The van der Waals surface area contributed by atoms with Crippen molar-refractivity contribution in [3.05, 3.63) is 52.1 Å². The predicted molar refractivity (Wildman–Crippen MR) is 115 cm³/mol. The quantitative estimate of drug-likeness (QED) is 0.692. The maximum absolute atomic E-state index is 13.0. The number of amides is 1. The number of aromatic nitrogens is 2. The van der Waals surface area contributed by atoms with E-state index < -0.39 is 0 Å². The van der Waals surface area contributed by atoms with E-state index in [0.29, 0.717) is 23.4 Å². The smallest absolute Gasteiger partial charge is 0.274 e. The number of methoxy groups -OCH3 is 1. The third-order valence-electron chi connectivity index (χ3n) is 5.62. The Morgan fingerprint density at radius 1 is 1.24 bits per heavy atom. The molecule has 4 rings (SSSR count). The lowest BCUT2D eigenvalue weighted by Crippen LogP contribution is -2.22. The largest absolute Gasteiger partial charge is 0.496 e. The maximum atomic E-state index is 13.0. The summed E-state index contributed by atoms with van der Waals surface area (Å²) in [5.41, 5.74) is 3.81. The molecule has 0 unspecified atom stereocenters. The summed E-state index contributed by atoms with van der Waals surface area (Å²) >= 11 is 0. The van der Waals surface area contributed by atoms with Crippen LogP contribution in [0.4, 0.5) is 0 Å². The summed E-state index contributed by atoms with van der Waals surface area (Å²) in [4.78, 5) is 30.3. The molecule has 1 aliphatic carbocycles. The molecule has 0 atom stereocenters. The number of nitrogens with one attached hydrogen (secondary N) is 1. The van der Waals surface area contributed by atoms with E-state index >= 15 is 0 Å². The van der Waals surface area contributed by atoms with E-state index in [9.17, 15) is 9.59 Å². The molecular formula is C23H27N3O3. The van der Waals surface area contributed by atoms with Gasteiger partial charge in [-0.05, 0) is 43.5 Å². The number of ether oxygens (including phenoxy) is 1. The molecule has 2 heterocycles. The summed E-state index contributed by atoms with van der Waals surface area (Å²) in [5, 5.41) is 0.850. The Balaban J connectivity index is 1.92. The van der Waals surface area contributed by atoms with E-state index in [4.69, 9.17) is 4.74 Å². The normalized spacial score (nSPS) is 13.7. The number of fused-ring (bicyclic) bond motifs is 1. The summed E-state index contributed by atoms with van der Waals surface area (Å²) in [7, 11) is 5.09. The van der Waals surface area contributed by atoms with Crippen molar-refractivity contribution < 1.29 is 9.53 Å².